The minimum Gasteiger partial charge on any atom is -0.379 e. The number of aromatic amines is 2. The zero-order chi connectivity index (χ0) is 11.5. The molecule has 5 nitrogen and oxygen atoms in total. The average Bonchev–Trinajstić information content (AvgIpc) is 3.00. The molecule has 3 rings (SSSR count). The fourth-order valence-electron chi connectivity index (χ4n) is 2.09. The Morgan fingerprint density at radius 2 is 2.47 bits per heavy atom. The molecule has 90 valence electrons. The Morgan fingerprint density at radius 3 is 3.24 bits per heavy atom. The van der Waals surface area contributed by atoms with Crippen molar-refractivity contribution in [2.75, 3.05) is 19.8 Å². The van der Waals surface area contributed by atoms with Crippen LogP contribution in [0.1, 0.15) is 5.82 Å². The average molecular weight is 232 g/mol. The predicted molar refractivity (Wildman–Crippen MR) is 64.7 cm³/mol. The molecule has 0 aromatic carbocycles. The Bertz CT molecular complexity index is 457. The Morgan fingerprint density at radius 1 is 1.47 bits per heavy atom. The highest BCUT2D eigenvalue weighted by Gasteiger charge is 2.15. The van der Waals surface area contributed by atoms with Crippen molar-refractivity contribution < 1.29 is 4.74 Å². The van der Waals surface area contributed by atoms with E-state index in [0.29, 0.717) is 6.04 Å². The Hall–Kier alpha value is -1.59. The van der Waals surface area contributed by atoms with E-state index in [9.17, 15) is 0 Å². The van der Waals surface area contributed by atoms with Gasteiger partial charge >= 0.3 is 0 Å². The third-order valence-corrected chi connectivity index (χ3v) is 2.98. The zero-order valence-corrected chi connectivity index (χ0v) is 9.57. The van der Waals surface area contributed by atoms with Gasteiger partial charge in [0.15, 0.2) is 0 Å². The van der Waals surface area contributed by atoms with Crippen LogP contribution in [-0.2, 0) is 11.2 Å². The van der Waals surface area contributed by atoms with Crippen molar-refractivity contribution in [2.45, 2.75) is 12.5 Å². The molecule has 3 heterocycles. The van der Waals surface area contributed by atoms with E-state index >= 15 is 0 Å². The summed E-state index contributed by atoms with van der Waals surface area (Å²) in [4.78, 5) is 10.8. The Balaban J connectivity index is 1.68. The molecule has 17 heavy (non-hydrogen) atoms. The summed E-state index contributed by atoms with van der Waals surface area (Å²) >= 11 is 0. The summed E-state index contributed by atoms with van der Waals surface area (Å²) in [7, 11) is 0. The molecule has 1 aliphatic rings. The number of morpholine rings is 1. The third kappa shape index (κ3) is 2.40. The number of rotatable bonds is 3. The van der Waals surface area contributed by atoms with E-state index in [-0.39, 0.29) is 0 Å². The first kappa shape index (κ1) is 10.6. The zero-order valence-electron chi connectivity index (χ0n) is 9.57. The van der Waals surface area contributed by atoms with Crippen LogP contribution in [0.4, 0.5) is 0 Å². The Labute approximate surface area is 99.6 Å². The van der Waals surface area contributed by atoms with E-state index in [1.807, 2.05) is 24.7 Å². The molecule has 0 saturated carbocycles. The fraction of sp³-hybridized carbons (Fsp3) is 0.417. The first-order chi connectivity index (χ1) is 8.42. The van der Waals surface area contributed by atoms with Crippen LogP contribution < -0.4 is 5.32 Å². The second-order valence-electron chi connectivity index (χ2n) is 4.27. The minimum atomic E-state index is 0.369. The summed E-state index contributed by atoms with van der Waals surface area (Å²) in [5.74, 6) is 1.00. The van der Waals surface area contributed by atoms with Crippen molar-refractivity contribution in [1.29, 1.82) is 0 Å². The molecule has 0 spiro atoms. The summed E-state index contributed by atoms with van der Waals surface area (Å²) in [6.45, 7) is 2.50. The van der Waals surface area contributed by atoms with Gasteiger partial charge in [0.2, 0.25) is 0 Å². The lowest BCUT2D eigenvalue weighted by atomic mass is 10.2. The van der Waals surface area contributed by atoms with Crippen LogP contribution in [0.3, 0.4) is 0 Å². The van der Waals surface area contributed by atoms with Crippen molar-refractivity contribution in [2.24, 2.45) is 0 Å². The van der Waals surface area contributed by atoms with E-state index in [2.05, 4.69) is 20.3 Å². The van der Waals surface area contributed by atoms with Crippen molar-refractivity contribution in [1.82, 2.24) is 20.3 Å². The molecule has 5 heteroatoms. The van der Waals surface area contributed by atoms with Gasteiger partial charge in [-0.25, -0.2) is 4.98 Å². The molecule has 2 aromatic rings. The van der Waals surface area contributed by atoms with Gasteiger partial charge in [0, 0.05) is 37.0 Å². The lowest BCUT2D eigenvalue weighted by Gasteiger charge is -2.22. The van der Waals surface area contributed by atoms with E-state index in [4.69, 9.17) is 4.74 Å². The van der Waals surface area contributed by atoms with Crippen LogP contribution in [0.15, 0.2) is 24.7 Å². The first-order valence-electron chi connectivity index (χ1n) is 5.90. The van der Waals surface area contributed by atoms with Gasteiger partial charge in [0.1, 0.15) is 5.82 Å². The SMILES string of the molecule is c1cc(-c2cnc(CC3COCCN3)[nH]2)c[nH]1. The van der Waals surface area contributed by atoms with Gasteiger partial charge in [-0.3, -0.25) is 0 Å². The van der Waals surface area contributed by atoms with Crippen molar-refractivity contribution in [3.63, 3.8) is 0 Å². The summed E-state index contributed by atoms with van der Waals surface area (Å²) < 4.78 is 5.42. The van der Waals surface area contributed by atoms with Crippen LogP contribution in [-0.4, -0.2) is 40.8 Å². The second-order valence-corrected chi connectivity index (χ2v) is 4.27. The topological polar surface area (TPSA) is 65.7 Å². The fourth-order valence-corrected chi connectivity index (χ4v) is 2.09. The van der Waals surface area contributed by atoms with Crippen LogP contribution in [0, 0.1) is 0 Å². The number of nitrogens with zero attached hydrogens (tertiary/aromatic N) is 1. The maximum atomic E-state index is 5.42. The largest absolute Gasteiger partial charge is 0.379 e. The quantitative estimate of drug-likeness (QED) is 0.737. The number of imidazole rings is 1. The van der Waals surface area contributed by atoms with E-state index in [1.165, 1.54) is 0 Å². The van der Waals surface area contributed by atoms with Gasteiger partial charge in [0.05, 0.1) is 25.1 Å². The maximum absolute atomic E-state index is 5.42. The summed E-state index contributed by atoms with van der Waals surface area (Å²) in [5, 5.41) is 3.42. The number of nitrogens with one attached hydrogen (secondary N) is 3. The molecule has 1 saturated heterocycles. The predicted octanol–water partition coefficient (Wildman–Crippen LogP) is 0.936. The monoisotopic (exact) mass is 232 g/mol. The Kier molecular flexibility index (Phi) is 2.94. The van der Waals surface area contributed by atoms with Gasteiger partial charge in [-0.05, 0) is 6.07 Å². The summed E-state index contributed by atoms with van der Waals surface area (Å²) in [5.41, 5.74) is 2.19. The van der Waals surface area contributed by atoms with Gasteiger partial charge in [-0.15, -0.1) is 0 Å². The molecule has 0 amide bonds. The molecule has 1 fully saturated rings. The number of aromatic nitrogens is 3. The molecule has 0 bridgehead atoms. The molecular weight excluding hydrogens is 216 g/mol. The maximum Gasteiger partial charge on any atom is 0.108 e. The van der Waals surface area contributed by atoms with Crippen LogP contribution >= 0.6 is 0 Å². The van der Waals surface area contributed by atoms with Gasteiger partial charge in [-0.1, -0.05) is 0 Å². The molecular formula is C12H16N4O. The molecule has 2 aromatic heterocycles. The highest BCUT2D eigenvalue weighted by Crippen LogP contribution is 2.16. The molecule has 1 aliphatic heterocycles. The number of hydrogen-bond donors (Lipinski definition) is 3. The van der Waals surface area contributed by atoms with Gasteiger partial charge in [-0.2, -0.15) is 0 Å². The van der Waals surface area contributed by atoms with Crippen molar-refractivity contribution in [3.05, 3.63) is 30.5 Å². The normalized spacial score (nSPS) is 20.6. The summed E-state index contributed by atoms with van der Waals surface area (Å²) in [6, 6.07) is 2.40. The molecule has 3 N–H and O–H groups in total. The van der Waals surface area contributed by atoms with E-state index in [0.717, 1.165) is 43.3 Å². The standard InChI is InChI=1S/C12H16N4O/c1-2-13-6-9(1)11-7-15-12(16-11)5-10-8-17-4-3-14-10/h1-2,6-7,10,13-14H,3-5,8H2,(H,15,16). The van der Waals surface area contributed by atoms with Crippen molar-refractivity contribution >= 4 is 0 Å². The molecule has 1 atom stereocenters. The van der Waals surface area contributed by atoms with Gasteiger partial charge in [0.25, 0.3) is 0 Å². The number of H-pyrrole nitrogens is 2. The minimum absolute atomic E-state index is 0.369. The lowest BCUT2D eigenvalue weighted by molar-refractivity contribution is 0.0764. The van der Waals surface area contributed by atoms with E-state index < -0.39 is 0 Å². The number of hydrogen-bond acceptors (Lipinski definition) is 3. The highest BCUT2D eigenvalue weighted by atomic mass is 16.5. The van der Waals surface area contributed by atoms with Gasteiger partial charge < -0.3 is 20.0 Å². The highest BCUT2D eigenvalue weighted by molar-refractivity contribution is 5.57. The third-order valence-electron chi connectivity index (χ3n) is 2.98. The summed E-state index contributed by atoms with van der Waals surface area (Å²) in [6.07, 6.45) is 6.62. The smallest absolute Gasteiger partial charge is 0.108 e. The van der Waals surface area contributed by atoms with Crippen LogP contribution in [0.2, 0.25) is 0 Å². The van der Waals surface area contributed by atoms with Crippen LogP contribution in [0.5, 0.6) is 0 Å². The number of ether oxygens (including phenoxy) is 1. The van der Waals surface area contributed by atoms with Crippen LogP contribution in [0.25, 0.3) is 11.3 Å². The van der Waals surface area contributed by atoms with E-state index in [1.54, 1.807) is 0 Å². The second kappa shape index (κ2) is 4.73. The van der Waals surface area contributed by atoms with Crippen molar-refractivity contribution in [3.8, 4) is 11.3 Å². The molecule has 1 unspecified atom stereocenters. The lowest BCUT2D eigenvalue weighted by Crippen LogP contribution is -2.42. The first-order valence-corrected chi connectivity index (χ1v) is 5.90. The molecule has 0 aliphatic carbocycles. The molecule has 0 radical (unpaired) electrons.